The lowest BCUT2D eigenvalue weighted by atomic mass is 10.2. The highest BCUT2D eigenvalue weighted by molar-refractivity contribution is 5.96. The summed E-state index contributed by atoms with van der Waals surface area (Å²) in [6.07, 6.45) is 1.64. The number of aromatic nitrogens is 3. The number of amides is 1. The monoisotopic (exact) mass is 352 g/mol. The Morgan fingerprint density at radius 2 is 2.04 bits per heavy atom. The Morgan fingerprint density at radius 3 is 2.69 bits per heavy atom. The van der Waals surface area contributed by atoms with Gasteiger partial charge in [0.25, 0.3) is 11.5 Å². The molecule has 1 amide bonds. The summed E-state index contributed by atoms with van der Waals surface area (Å²) < 4.78 is 6.28. The van der Waals surface area contributed by atoms with Crippen LogP contribution in [-0.4, -0.2) is 27.4 Å². The van der Waals surface area contributed by atoms with Crippen LogP contribution in [0.2, 0.25) is 0 Å². The Labute approximate surface area is 150 Å². The molecule has 3 rings (SSSR count). The van der Waals surface area contributed by atoms with Gasteiger partial charge in [-0.3, -0.25) is 9.59 Å². The summed E-state index contributed by atoms with van der Waals surface area (Å²) >= 11 is 0. The topological polar surface area (TPSA) is 81.2 Å². The summed E-state index contributed by atoms with van der Waals surface area (Å²) in [6, 6.07) is 8.44. The van der Waals surface area contributed by atoms with Gasteiger partial charge in [-0.05, 0) is 32.9 Å². The van der Waals surface area contributed by atoms with Gasteiger partial charge in [-0.2, -0.15) is 5.10 Å². The molecule has 1 unspecified atom stereocenters. The van der Waals surface area contributed by atoms with E-state index in [9.17, 15) is 9.59 Å². The van der Waals surface area contributed by atoms with Crippen molar-refractivity contribution in [3.63, 3.8) is 0 Å². The van der Waals surface area contributed by atoms with Crippen LogP contribution in [0.25, 0.3) is 10.9 Å². The van der Waals surface area contributed by atoms with Crippen LogP contribution in [0.4, 0.5) is 5.69 Å². The van der Waals surface area contributed by atoms with Crippen molar-refractivity contribution < 1.29 is 9.32 Å². The van der Waals surface area contributed by atoms with Gasteiger partial charge in [-0.1, -0.05) is 29.4 Å². The van der Waals surface area contributed by atoms with E-state index < -0.39 is 11.6 Å². The highest BCUT2D eigenvalue weighted by atomic mass is 16.5. The van der Waals surface area contributed by atoms with Crippen LogP contribution < -0.4 is 10.5 Å². The van der Waals surface area contributed by atoms with E-state index in [1.54, 1.807) is 31.7 Å². The molecule has 26 heavy (non-hydrogen) atoms. The number of carbonyl (C=O) groups excluding carboxylic acids is 1. The van der Waals surface area contributed by atoms with E-state index in [1.165, 1.54) is 4.68 Å². The molecule has 3 aromatic rings. The number of carbonyl (C=O) groups is 1. The summed E-state index contributed by atoms with van der Waals surface area (Å²) in [5, 5.41) is 8.75. The Kier molecular flexibility index (Phi) is 4.71. The van der Waals surface area contributed by atoms with Crippen molar-refractivity contribution in [1.82, 2.24) is 14.9 Å². The van der Waals surface area contributed by atoms with Crippen LogP contribution in [0, 0.1) is 13.8 Å². The molecule has 0 saturated heterocycles. The van der Waals surface area contributed by atoms with Crippen molar-refractivity contribution in [2.75, 3.05) is 11.4 Å². The maximum Gasteiger partial charge on any atom is 0.297 e. The molecule has 2 aromatic heterocycles. The predicted octanol–water partition coefficient (Wildman–Crippen LogP) is 2.78. The minimum absolute atomic E-state index is 0.185. The standard InChI is InChI=1S/C19H20N4O3/c1-5-11-22(15-9-7-6-8-10-15)18(24)13(3)23-19(25)17-16(12(2)20-23)14(4)26-21-17/h5-10,13H,1,11H2,2-4H3. The van der Waals surface area contributed by atoms with E-state index in [0.29, 0.717) is 23.4 Å². The number of hydrogen-bond acceptors (Lipinski definition) is 5. The Bertz CT molecular complexity index is 1020. The van der Waals surface area contributed by atoms with E-state index in [2.05, 4.69) is 16.8 Å². The Morgan fingerprint density at radius 1 is 1.35 bits per heavy atom. The third kappa shape index (κ3) is 2.92. The van der Waals surface area contributed by atoms with Gasteiger partial charge in [0, 0.05) is 12.2 Å². The van der Waals surface area contributed by atoms with E-state index in [1.807, 2.05) is 30.3 Å². The van der Waals surface area contributed by atoms with Crippen LogP contribution >= 0.6 is 0 Å². The number of hydrogen-bond donors (Lipinski definition) is 0. The van der Waals surface area contributed by atoms with E-state index >= 15 is 0 Å². The zero-order valence-electron chi connectivity index (χ0n) is 15.0. The summed E-state index contributed by atoms with van der Waals surface area (Å²) in [6.45, 7) is 9.18. The minimum Gasteiger partial charge on any atom is -0.360 e. The fraction of sp³-hybridized carbons (Fsp3) is 0.263. The van der Waals surface area contributed by atoms with Crippen LogP contribution in [0.3, 0.4) is 0 Å². The number of fused-ring (bicyclic) bond motifs is 1. The molecule has 134 valence electrons. The molecule has 0 aliphatic rings. The molecule has 0 aliphatic carbocycles. The number of benzene rings is 1. The largest absolute Gasteiger partial charge is 0.360 e. The summed E-state index contributed by atoms with van der Waals surface area (Å²) in [7, 11) is 0. The van der Waals surface area contributed by atoms with Crippen molar-refractivity contribution in [3.05, 3.63) is 64.8 Å². The lowest BCUT2D eigenvalue weighted by Gasteiger charge is -2.25. The molecule has 0 bridgehead atoms. The van der Waals surface area contributed by atoms with Crippen LogP contribution in [0.1, 0.15) is 24.4 Å². The fourth-order valence-electron chi connectivity index (χ4n) is 2.96. The molecule has 0 aliphatic heterocycles. The van der Waals surface area contributed by atoms with Gasteiger partial charge in [0.1, 0.15) is 11.8 Å². The molecule has 0 saturated carbocycles. The van der Waals surface area contributed by atoms with Crippen molar-refractivity contribution in [3.8, 4) is 0 Å². The van der Waals surface area contributed by atoms with Crippen LogP contribution in [-0.2, 0) is 4.79 Å². The van der Waals surface area contributed by atoms with Crippen molar-refractivity contribution >= 4 is 22.5 Å². The lowest BCUT2D eigenvalue weighted by Crippen LogP contribution is -2.40. The normalized spacial score (nSPS) is 12.1. The molecule has 0 fully saturated rings. The first kappa shape index (κ1) is 17.6. The minimum atomic E-state index is -0.803. The average molecular weight is 352 g/mol. The van der Waals surface area contributed by atoms with Gasteiger partial charge in [0.15, 0.2) is 5.52 Å². The second-order valence-corrected chi connectivity index (χ2v) is 6.05. The van der Waals surface area contributed by atoms with Gasteiger partial charge in [0.05, 0.1) is 11.1 Å². The first-order chi connectivity index (χ1) is 12.5. The lowest BCUT2D eigenvalue weighted by molar-refractivity contribution is -0.121. The second-order valence-electron chi connectivity index (χ2n) is 6.05. The number of anilines is 1. The number of aryl methyl sites for hydroxylation is 2. The molecule has 2 heterocycles. The smallest absolute Gasteiger partial charge is 0.297 e. The van der Waals surface area contributed by atoms with E-state index in [-0.39, 0.29) is 11.4 Å². The first-order valence-corrected chi connectivity index (χ1v) is 8.28. The van der Waals surface area contributed by atoms with Crippen molar-refractivity contribution in [2.24, 2.45) is 0 Å². The predicted molar refractivity (Wildman–Crippen MR) is 99.2 cm³/mol. The van der Waals surface area contributed by atoms with Crippen LogP contribution in [0.5, 0.6) is 0 Å². The molecule has 1 aromatic carbocycles. The van der Waals surface area contributed by atoms with Gasteiger partial charge < -0.3 is 9.42 Å². The van der Waals surface area contributed by atoms with Crippen molar-refractivity contribution in [2.45, 2.75) is 26.8 Å². The Hall–Kier alpha value is -3.22. The Balaban J connectivity index is 2.05. The quantitative estimate of drug-likeness (QED) is 0.660. The molecule has 0 N–H and O–H groups in total. The second kappa shape index (κ2) is 6.95. The molecule has 7 nitrogen and oxygen atoms in total. The van der Waals surface area contributed by atoms with E-state index in [0.717, 1.165) is 5.69 Å². The van der Waals surface area contributed by atoms with Crippen molar-refractivity contribution in [1.29, 1.82) is 0 Å². The molecule has 1 atom stereocenters. The van der Waals surface area contributed by atoms with Gasteiger partial charge >= 0.3 is 0 Å². The molecular formula is C19H20N4O3. The fourth-order valence-corrected chi connectivity index (χ4v) is 2.96. The number of para-hydroxylation sites is 1. The highest BCUT2D eigenvalue weighted by Gasteiger charge is 2.26. The summed E-state index contributed by atoms with van der Waals surface area (Å²) in [4.78, 5) is 27.4. The number of rotatable bonds is 5. The summed E-state index contributed by atoms with van der Waals surface area (Å²) in [5.41, 5.74) is 1.06. The average Bonchev–Trinajstić information content (AvgIpc) is 3.05. The number of nitrogens with zero attached hydrogens (tertiary/aromatic N) is 4. The third-order valence-electron chi connectivity index (χ3n) is 4.26. The van der Waals surface area contributed by atoms with Gasteiger partial charge in [-0.15, -0.1) is 6.58 Å². The maximum absolute atomic E-state index is 13.1. The third-order valence-corrected chi connectivity index (χ3v) is 4.26. The van der Waals surface area contributed by atoms with Gasteiger partial charge in [-0.25, -0.2) is 4.68 Å². The van der Waals surface area contributed by atoms with Crippen LogP contribution in [0.15, 0.2) is 52.3 Å². The molecule has 0 spiro atoms. The highest BCUT2D eigenvalue weighted by Crippen LogP contribution is 2.20. The zero-order valence-corrected chi connectivity index (χ0v) is 15.0. The summed E-state index contributed by atoms with van der Waals surface area (Å²) in [5.74, 6) is 0.274. The maximum atomic E-state index is 13.1. The molecule has 7 heteroatoms. The van der Waals surface area contributed by atoms with Gasteiger partial charge in [0.2, 0.25) is 0 Å². The SMILES string of the molecule is C=CCN(C(=O)C(C)n1nc(C)c2c(C)onc2c1=O)c1ccccc1. The van der Waals surface area contributed by atoms with E-state index in [4.69, 9.17) is 4.52 Å². The molecular weight excluding hydrogens is 332 g/mol. The zero-order chi connectivity index (χ0) is 18.8. The molecule has 0 radical (unpaired) electrons. The first-order valence-electron chi connectivity index (χ1n) is 8.28.